The van der Waals surface area contributed by atoms with Gasteiger partial charge in [0.25, 0.3) is 0 Å². The number of hydrogen-bond donors (Lipinski definition) is 1. The van der Waals surface area contributed by atoms with Crippen LogP contribution in [-0.2, 0) is 4.43 Å². The van der Waals surface area contributed by atoms with Gasteiger partial charge < -0.3 is 9.74 Å². The van der Waals surface area contributed by atoms with Gasteiger partial charge in [-0.2, -0.15) is 0 Å². The molecule has 0 heterocycles. The van der Waals surface area contributed by atoms with E-state index in [1.807, 2.05) is 6.07 Å². The topological polar surface area (TPSA) is 21.3 Å². The first-order valence-corrected chi connectivity index (χ1v) is 6.88. The number of rotatable bonds is 7. The molecule has 2 nitrogen and oxygen atoms in total. The maximum absolute atomic E-state index is 5.40. The molecule has 0 radical (unpaired) electrons. The third-order valence-corrected chi connectivity index (χ3v) is 3.51. The van der Waals surface area contributed by atoms with Crippen LogP contribution < -0.4 is 5.32 Å². The van der Waals surface area contributed by atoms with Gasteiger partial charge in [0.15, 0.2) is 9.76 Å². The van der Waals surface area contributed by atoms with Crippen LogP contribution >= 0.6 is 0 Å². The fourth-order valence-corrected chi connectivity index (χ4v) is 2.21. The van der Waals surface area contributed by atoms with Crippen molar-refractivity contribution in [3.8, 4) is 0 Å². The van der Waals surface area contributed by atoms with E-state index in [1.54, 1.807) is 0 Å². The zero-order chi connectivity index (χ0) is 10.1. The summed E-state index contributed by atoms with van der Waals surface area (Å²) in [4.78, 5) is 0. The smallest absolute Gasteiger partial charge is 0.161 e. The molecule has 1 rings (SSSR count). The molecule has 3 heteroatoms. The number of para-hydroxylation sites is 1. The Balaban J connectivity index is 1.99. The van der Waals surface area contributed by atoms with Crippen molar-refractivity contribution in [2.24, 2.45) is 0 Å². The van der Waals surface area contributed by atoms with E-state index in [0.29, 0.717) is 0 Å². The fraction of sp³-hybridized carbons (Fsp3) is 0.455. The SMILES string of the molecule is CCO[SiH2]CCCNc1ccccc1. The second-order valence-corrected chi connectivity index (χ2v) is 4.72. The predicted octanol–water partition coefficient (Wildman–Crippen LogP) is 2.03. The Labute approximate surface area is 88.6 Å². The number of anilines is 1. The van der Waals surface area contributed by atoms with Crippen LogP contribution in [-0.4, -0.2) is 22.9 Å². The van der Waals surface area contributed by atoms with E-state index < -0.39 is 0 Å². The molecular formula is C11H19NOSi. The molecule has 0 saturated heterocycles. The standard InChI is InChI=1S/C11H19NOSi/c1-2-13-14-10-6-9-12-11-7-4-3-5-8-11/h3-5,7-8,12H,2,6,9-10,14H2,1H3. The van der Waals surface area contributed by atoms with E-state index in [9.17, 15) is 0 Å². The Morgan fingerprint density at radius 1 is 1.29 bits per heavy atom. The average molecular weight is 209 g/mol. The Morgan fingerprint density at radius 3 is 2.79 bits per heavy atom. The normalized spacial score (nSPS) is 10.9. The van der Waals surface area contributed by atoms with Crippen molar-refractivity contribution in [2.45, 2.75) is 19.4 Å². The number of nitrogens with one attached hydrogen (secondary N) is 1. The lowest BCUT2D eigenvalue weighted by atomic mass is 10.3. The second kappa shape index (κ2) is 7.59. The minimum Gasteiger partial charge on any atom is -0.424 e. The molecule has 0 aromatic heterocycles. The maximum atomic E-state index is 5.40. The molecule has 0 saturated carbocycles. The zero-order valence-corrected chi connectivity index (χ0v) is 10.2. The van der Waals surface area contributed by atoms with Crippen LogP contribution in [0.3, 0.4) is 0 Å². The summed E-state index contributed by atoms with van der Waals surface area (Å²) in [6, 6.07) is 11.6. The van der Waals surface area contributed by atoms with Gasteiger partial charge in [-0.1, -0.05) is 18.2 Å². The average Bonchev–Trinajstić information content (AvgIpc) is 2.25. The second-order valence-electron chi connectivity index (χ2n) is 3.20. The third-order valence-electron chi connectivity index (χ3n) is 2.02. The number of benzene rings is 1. The zero-order valence-electron chi connectivity index (χ0n) is 8.83. The van der Waals surface area contributed by atoms with Crippen molar-refractivity contribution in [1.29, 1.82) is 0 Å². The van der Waals surface area contributed by atoms with Gasteiger partial charge in [0.05, 0.1) is 0 Å². The van der Waals surface area contributed by atoms with Crippen LogP contribution in [0.1, 0.15) is 13.3 Å². The van der Waals surface area contributed by atoms with Crippen molar-refractivity contribution in [3.63, 3.8) is 0 Å². The lowest BCUT2D eigenvalue weighted by molar-refractivity contribution is 0.359. The molecular weight excluding hydrogens is 190 g/mol. The lowest BCUT2D eigenvalue weighted by Crippen LogP contribution is -2.04. The van der Waals surface area contributed by atoms with E-state index >= 15 is 0 Å². The van der Waals surface area contributed by atoms with Crippen molar-refractivity contribution in [2.75, 3.05) is 18.5 Å². The Hall–Kier alpha value is -0.803. The summed E-state index contributed by atoms with van der Waals surface area (Å²) in [6.07, 6.45) is 1.22. The first kappa shape index (κ1) is 11.3. The van der Waals surface area contributed by atoms with E-state index in [0.717, 1.165) is 13.2 Å². The molecule has 78 valence electrons. The van der Waals surface area contributed by atoms with Crippen LogP contribution in [0.2, 0.25) is 6.04 Å². The van der Waals surface area contributed by atoms with Gasteiger partial charge in [-0.25, -0.2) is 0 Å². The Bertz CT molecular complexity index is 228. The van der Waals surface area contributed by atoms with Crippen molar-refractivity contribution in [3.05, 3.63) is 30.3 Å². The van der Waals surface area contributed by atoms with Crippen molar-refractivity contribution >= 4 is 15.5 Å². The van der Waals surface area contributed by atoms with Gasteiger partial charge in [0, 0.05) is 18.8 Å². The molecule has 0 aliphatic heterocycles. The summed E-state index contributed by atoms with van der Waals surface area (Å²) in [5.41, 5.74) is 1.21. The first-order valence-electron chi connectivity index (χ1n) is 5.30. The highest BCUT2D eigenvalue weighted by atomic mass is 28.2. The summed E-state index contributed by atoms with van der Waals surface area (Å²) < 4.78 is 5.40. The van der Waals surface area contributed by atoms with Crippen LogP contribution in [0.5, 0.6) is 0 Å². The Morgan fingerprint density at radius 2 is 2.07 bits per heavy atom. The fourth-order valence-electron chi connectivity index (χ4n) is 1.26. The molecule has 0 aliphatic carbocycles. The minimum absolute atomic E-state index is 0.229. The molecule has 0 atom stereocenters. The van der Waals surface area contributed by atoms with Gasteiger partial charge in [0.2, 0.25) is 0 Å². The summed E-state index contributed by atoms with van der Waals surface area (Å²) >= 11 is 0. The molecule has 1 aromatic carbocycles. The summed E-state index contributed by atoms with van der Waals surface area (Å²) in [5.74, 6) is 0. The van der Waals surface area contributed by atoms with E-state index in [1.165, 1.54) is 18.2 Å². The van der Waals surface area contributed by atoms with Crippen molar-refractivity contribution in [1.82, 2.24) is 0 Å². The Kier molecular flexibility index (Phi) is 6.11. The molecule has 0 amide bonds. The van der Waals surface area contributed by atoms with Crippen LogP contribution in [0, 0.1) is 0 Å². The van der Waals surface area contributed by atoms with E-state index in [4.69, 9.17) is 4.43 Å². The molecule has 14 heavy (non-hydrogen) atoms. The minimum atomic E-state index is -0.229. The maximum Gasteiger partial charge on any atom is 0.161 e. The van der Waals surface area contributed by atoms with Gasteiger partial charge in [-0.3, -0.25) is 0 Å². The molecule has 0 spiro atoms. The van der Waals surface area contributed by atoms with E-state index in [-0.39, 0.29) is 9.76 Å². The third kappa shape index (κ3) is 5.04. The van der Waals surface area contributed by atoms with Crippen molar-refractivity contribution < 1.29 is 4.43 Å². The van der Waals surface area contributed by atoms with Gasteiger partial charge in [0.1, 0.15) is 0 Å². The van der Waals surface area contributed by atoms with Crippen LogP contribution in [0.15, 0.2) is 30.3 Å². The number of hydrogen-bond acceptors (Lipinski definition) is 2. The van der Waals surface area contributed by atoms with Gasteiger partial charge >= 0.3 is 0 Å². The van der Waals surface area contributed by atoms with Gasteiger partial charge in [-0.15, -0.1) is 0 Å². The summed E-state index contributed by atoms with van der Waals surface area (Å²) in [7, 11) is -0.229. The highest BCUT2D eigenvalue weighted by molar-refractivity contribution is 6.26. The first-order chi connectivity index (χ1) is 6.93. The predicted molar refractivity (Wildman–Crippen MR) is 64.5 cm³/mol. The molecule has 1 N–H and O–H groups in total. The molecule has 0 aliphatic rings. The van der Waals surface area contributed by atoms with E-state index in [2.05, 4.69) is 36.5 Å². The highest BCUT2D eigenvalue weighted by Crippen LogP contribution is 2.04. The quantitative estimate of drug-likeness (QED) is 0.548. The summed E-state index contributed by atoms with van der Waals surface area (Å²) in [6.45, 7) is 4.01. The molecule has 0 unspecified atom stereocenters. The monoisotopic (exact) mass is 209 g/mol. The lowest BCUT2D eigenvalue weighted by Gasteiger charge is -2.05. The van der Waals surface area contributed by atoms with Crippen LogP contribution in [0.25, 0.3) is 0 Å². The molecule has 0 bridgehead atoms. The largest absolute Gasteiger partial charge is 0.424 e. The molecule has 1 aromatic rings. The molecule has 0 fully saturated rings. The highest BCUT2D eigenvalue weighted by Gasteiger charge is 1.90. The van der Waals surface area contributed by atoms with Gasteiger partial charge in [-0.05, 0) is 31.5 Å². The van der Waals surface area contributed by atoms with Crippen LogP contribution in [0.4, 0.5) is 5.69 Å². The summed E-state index contributed by atoms with van der Waals surface area (Å²) in [5, 5.41) is 3.39.